The van der Waals surface area contributed by atoms with Crippen LogP contribution in [-0.2, 0) is 14.9 Å². The fourth-order valence-electron chi connectivity index (χ4n) is 3.14. The molecule has 0 saturated carbocycles. The summed E-state index contributed by atoms with van der Waals surface area (Å²) in [5.74, 6) is 0.176. The van der Waals surface area contributed by atoms with Crippen LogP contribution in [-0.4, -0.2) is 87.6 Å². The van der Waals surface area contributed by atoms with Gasteiger partial charge in [-0.2, -0.15) is 30.2 Å². The largest absolute Gasteiger partial charge is 0.401 e. The molecular formula is C13H24F3N3O3S. The van der Waals surface area contributed by atoms with Gasteiger partial charge in [0, 0.05) is 46.4 Å². The van der Waals surface area contributed by atoms with Crippen molar-refractivity contribution in [1.29, 1.82) is 0 Å². The molecule has 0 aromatic carbocycles. The molecule has 0 N–H and O–H groups in total. The van der Waals surface area contributed by atoms with Crippen molar-refractivity contribution >= 4 is 10.2 Å². The van der Waals surface area contributed by atoms with Crippen LogP contribution in [0.5, 0.6) is 0 Å². The van der Waals surface area contributed by atoms with E-state index in [2.05, 4.69) is 0 Å². The topological polar surface area (TPSA) is 53.1 Å². The Morgan fingerprint density at radius 2 is 1.74 bits per heavy atom. The zero-order valence-corrected chi connectivity index (χ0v) is 14.1. The minimum Gasteiger partial charge on any atom is -0.384 e. The van der Waals surface area contributed by atoms with E-state index in [0.717, 1.165) is 12.8 Å². The predicted molar refractivity (Wildman–Crippen MR) is 79.2 cm³/mol. The van der Waals surface area contributed by atoms with Gasteiger partial charge in [0.05, 0.1) is 13.2 Å². The van der Waals surface area contributed by atoms with E-state index in [9.17, 15) is 21.6 Å². The van der Waals surface area contributed by atoms with E-state index in [1.165, 1.54) is 13.5 Å². The number of nitrogens with zero attached hydrogens (tertiary/aromatic N) is 3. The second kappa shape index (κ2) is 7.64. The van der Waals surface area contributed by atoms with Crippen molar-refractivity contribution in [3.8, 4) is 0 Å². The number of alkyl halides is 3. The lowest BCUT2D eigenvalue weighted by atomic mass is 10.0. The molecule has 2 aliphatic heterocycles. The molecule has 0 amide bonds. The average molecular weight is 359 g/mol. The Hall–Kier alpha value is -0.420. The molecule has 0 aromatic rings. The maximum Gasteiger partial charge on any atom is 0.401 e. The lowest BCUT2D eigenvalue weighted by Crippen LogP contribution is -2.55. The van der Waals surface area contributed by atoms with E-state index >= 15 is 0 Å². The third kappa shape index (κ3) is 5.28. The average Bonchev–Trinajstić information content (AvgIpc) is 2.47. The van der Waals surface area contributed by atoms with Crippen LogP contribution >= 0.6 is 0 Å². The summed E-state index contributed by atoms with van der Waals surface area (Å²) < 4.78 is 70.3. The van der Waals surface area contributed by atoms with Crippen molar-refractivity contribution in [3.05, 3.63) is 0 Å². The van der Waals surface area contributed by atoms with Gasteiger partial charge >= 0.3 is 6.18 Å². The van der Waals surface area contributed by atoms with Crippen LogP contribution in [0.2, 0.25) is 0 Å². The van der Waals surface area contributed by atoms with Crippen molar-refractivity contribution in [2.45, 2.75) is 19.0 Å². The summed E-state index contributed by atoms with van der Waals surface area (Å²) in [5.41, 5.74) is 0. The minimum atomic E-state index is -4.25. The SMILES string of the molecule is COCC1CCCN(S(=O)(=O)N2CCN(CC(F)(F)F)CC2)C1. The third-order valence-corrected chi connectivity index (χ3v) is 6.27. The van der Waals surface area contributed by atoms with E-state index in [1.807, 2.05) is 0 Å². The predicted octanol–water partition coefficient (Wildman–Crippen LogP) is 0.770. The molecule has 0 aromatic heterocycles. The van der Waals surface area contributed by atoms with Gasteiger partial charge in [0.1, 0.15) is 0 Å². The summed E-state index contributed by atoms with van der Waals surface area (Å²) in [7, 11) is -2.01. The fourth-order valence-corrected chi connectivity index (χ4v) is 4.85. The van der Waals surface area contributed by atoms with E-state index < -0.39 is 22.9 Å². The molecule has 10 heteroatoms. The van der Waals surface area contributed by atoms with Crippen LogP contribution in [0.15, 0.2) is 0 Å². The summed E-state index contributed by atoms with van der Waals surface area (Å²) >= 11 is 0. The number of ether oxygens (including phenoxy) is 1. The van der Waals surface area contributed by atoms with Crippen LogP contribution in [0, 0.1) is 5.92 Å². The minimum absolute atomic E-state index is 0.101. The van der Waals surface area contributed by atoms with Crippen molar-refractivity contribution in [2.75, 3.05) is 59.5 Å². The number of piperidine rings is 1. The van der Waals surface area contributed by atoms with Gasteiger partial charge in [-0.3, -0.25) is 4.90 Å². The molecule has 23 heavy (non-hydrogen) atoms. The van der Waals surface area contributed by atoms with Gasteiger partial charge in [-0.1, -0.05) is 0 Å². The van der Waals surface area contributed by atoms with E-state index in [1.54, 1.807) is 7.11 Å². The zero-order chi connectivity index (χ0) is 17.1. The first-order chi connectivity index (χ1) is 10.7. The number of halogens is 3. The fraction of sp³-hybridized carbons (Fsp3) is 1.00. The second-order valence-corrected chi connectivity index (χ2v) is 8.05. The molecule has 0 bridgehead atoms. The Morgan fingerprint density at radius 1 is 1.09 bits per heavy atom. The van der Waals surface area contributed by atoms with Gasteiger partial charge in [-0.15, -0.1) is 0 Å². The Morgan fingerprint density at radius 3 is 2.30 bits per heavy atom. The first-order valence-electron chi connectivity index (χ1n) is 7.75. The molecule has 0 spiro atoms. The van der Waals surface area contributed by atoms with Crippen molar-refractivity contribution in [3.63, 3.8) is 0 Å². The van der Waals surface area contributed by atoms with Crippen LogP contribution in [0.25, 0.3) is 0 Å². The van der Waals surface area contributed by atoms with E-state index in [-0.39, 0.29) is 32.1 Å². The Bertz CT molecular complexity index is 477. The lowest BCUT2D eigenvalue weighted by molar-refractivity contribution is -0.148. The molecule has 0 radical (unpaired) electrons. The van der Waals surface area contributed by atoms with E-state index in [0.29, 0.717) is 19.7 Å². The van der Waals surface area contributed by atoms with Crippen molar-refractivity contribution in [2.24, 2.45) is 5.92 Å². The number of piperazine rings is 1. The van der Waals surface area contributed by atoms with Crippen LogP contribution in [0.4, 0.5) is 13.2 Å². The maximum atomic E-state index is 12.7. The monoisotopic (exact) mass is 359 g/mol. The van der Waals surface area contributed by atoms with Gasteiger partial charge in [0.25, 0.3) is 10.2 Å². The molecule has 2 saturated heterocycles. The Balaban J connectivity index is 1.91. The maximum absolute atomic E-state index is 12.7. The summed E-state index contributed by atoms with van der Waals surface area (Å²) in [4.78, 5) is 1.25. The molecule has 2 aliphatic rings. The molecule has 6 nitrogen and oxygen atoms in total. The summed E-state index contributed by atoms with van der Waals surface area (Å²) in [6.07, 6.45) is -2.54. The molecular weight excluding hydrogens is 335 g/mol. The van der Waals surface area contributed by atoms with Crippen molar-refractivity contribution in [1.82, 2.24) is 13.5 Å². The molecule has 2 heterocycles. The van der Waals surface area contributed by atoms with Gasteiger partial charge in [-0.25, -0.2) is 0 Å². The van der Waals surface area contributed by atoms with Gasteiger partial charge in [0.15, 0.2) is 0 Å². The highest BCUT2D eigenvalue weighted by Crippen LogP contribution is 2.23. The van der Waals surface area contributed by atoms with Gasteiger partial charge in [0.2, 0.25) is 0 Å². The third-order valence-electron chi connectivity index (χ3n) is 4.27. The second-order valence-electron chi connectivity index (χ2n) is 6.12. The molecule has 1 atom stereocenters. The summed E-state index contributed by atoms with van der Waals surface area (Å²) in [6, 6.07) is 0. The number of hydrogen-bond donors (Lipinski definition) is 0. The lowest BCUT2D eigenvalue weighted by Gasteiger charge is -2.39. The van der Waals surface area contributed by atoms with Crippen LogP contribution < -0.4 is 0 Å². The number of rotatable bonds is 5. The highest BCUT2D eigenvalue weighted by atomic mass is 32.2. The number of methoxy groups -OCH3 is 1. The Labute approximate surface area is 135 Å². The van der Waals surface area contributed by atoms with Gasteiger partial charge in [-0.05, 0) is 18.8 Å². The van der Waals surface area contributed by atoms with Crippen LogP contribution in [0.1, 0.15) is 12.8 Å². The zero-order valence-electron chi connectivity index (χ0n) is 13.3. The summed E-state index contributed by atoms with van der Waals surface area (Å²) in [5, 5.41) is 0. The summed E-state index contributed by atoms with van der Waals surface area (Å²) in [6.45, 7) is 0.825. The van der Waals surface area contributed by atoms with E-state index in [4.69, 9.17) is 4.74 Å². The highest BCUT2D eigenvalue weighted by Gasteiger charge is 2.37. The first kappa shape index (κ1) is 18.9. The molecule has 2 rings (SSSR count). The van der Waals surface area contributed by atoms with Gasteiger partial charge < -0.3 is 4.74 Å². The quantitative estimate of drug-likeness (QED) is 0.728. The van der Waals surface area contributed by atoms with Crippen molar-refractivity contribution < 1.29 is 26.3 Å². The Kier molecular flexibility index (Phi) is 6.28. The smallest absolute Gasteiger partial charge is 0.384 e. The van der Waals surface area contributed by atoms with Crippen LogP contribution in [0.3, 0.4) is 0 Å². The first-order valence-corrected chi connectivity index (χ1v) is 9.15. The molecule has 136 valence electrons. The highest BCUT2D eigenvalue weighted by molar-refractivity contribution is 7.86. The standard InChI is InChI=1S/C13H24F3N3O3S/c1-22-10-12-3-2-4-19(9-12)23(20,21)18-7-5-17(6-8-18)11-13(14,15)16/h12H,2-11H2,1H3. The molecule has 2 fully saturated rings. The normalized spacial score (nSPS) is 26.5. The molecule has 0 aliphatic carbocycles. The number of hydrogen-bond acceptors (Lipinski definition) is 4. The molecule has 1 unspecified atom stereocenters.